The summed E-state index contributed by atoms with van der Waals surface area (Å²) in [5, 5.41) is 0. The summed E-state index contributed by atoms with van der Waals surface area (Å²) in [6.07, 6.45) is 10.6. The first-order valence-electron chi connectivity index (χ1n) is 8.89. The Morgan fingerprint density at radius 2 is 1.58 bits per heavy atom. The maximum absolute atomic E-state index is 12.0. The number of hydrogen-bond donors (Lipinski definition) is 0. The number of carbonyl (C=O) groups is 1. The summed E-state index contributed by atoms with van der Waals surface area (Å²) in [6, 6.07) is 0. The molecule has 8 heteroatoms. The standard InChI is InChI=1S/C11H17N3OS.C7H8N2O/c1-11(2,3)16(15)13-9-5-4-6-14-8-12-7-10(9)14;10-7-2-1-3-9-5-8-4-6(7)9/h7-8H,4-6H2,1-3H3;4-5H,1-3H2. The fourth-order valence-electron chi connectivity index (χ4n) is 2.88. The summed E-state index contributed by atoms with van der Waals surface area (Å²) < 4.78 is 20.0. The van der Waals surface area contributed by atoms with Crippen molar-refractivity contribution in [2.75, 3.05) is 0 Å². The largest absolute Gasteiger partial charge is 0.330 e. The van der Waals surface area contributed by atoms with Gasteiger partial charge in [-0.1, -0.05) is 0 Å². The zero-order chi connectivity index (χ0) is 18.7. The lowest BCUT2D eigenvalue weighted by Crippen LogP contribution is -2.23. The molecule has 4 rings (SSSR count). The van der Waals surface area contributed by atoms with E-state index in [-0.39, 0.29) is 10.5 Å². The molecule has 2 aromatic heterocycles. The van der Waals surface area contributed by atoms with E-state index in [1.807, 2.05) is 31.7 Å². The van der Waals surface area contributed by atoms with Crippen LogP contribution in [-0.4, -0.2) is 39.6 Å². The molecular formula is C18H25N5O2S. The first kappa shape index (κ1) is 18.7. The van der Waals surface area contributed by atoms with E-state index in [9.17, 15) is 9.00 Å². The summed E-state index contributed by atoms with van der Waals surface area (Å²) in [7, 11) is -1.18. The number of carbonyl (C=O) groups excluding carboxylic acids is 1. The maximum Gasteiger partial charge on any atom is 0.180 e. The Bertz CT molecular complexity index is 844. The van der Waals surface area contributed by atoms with Gasteiger partial charge in [-0.25, -0.2) is 14.2 Å². The van der Waals surface area contributed by atoms with Gasteiger partial charge in [0.05, 0.1) is 41.2 Å². The van der Waals surface area contributed by atoms with Gasteiger partial charge in [0, 0.05) is 19.5 Å². The van der Waals surface area contributed by atoms with Gasteiger partial charge in [-0.15, -0.1) is 0 Å². The summed E-state index contributed by atoms with van der Waals surface area (Å²) in [6.45, 7) is 7.74. The first-order valence-corrected chi connectivity index (χ1v) is 10.0. The van der Waals surface area contributed by atoms with Crippen LogP contribution in [0.4, 0.5) is 0 Å². The first-order chi connectivity index (χ1) is 12.4. The molecule has 0 aromatic carbocycles. The van der Waals surface area contributed by atoms with Crippen molar-refractivity contribution in [3.8, 4) is 0 Å². The molecule has 2 aliphatic rings. The van der Waals surface area contributed by atoms with Crippen molar-refractivity contribution in [3.05, 3.63) is 36.4 Å². The summed E-state index contributed by atoms with van der Waals surface area (Å²) in [5.41, 5.74) is 2.71. The van der Waals surface area contributed by atoms with Crippen LogP contribution < -0.4 is 0 Å². The van der Waals surface area contributed by atoms with Crippen LogP contribution in [0.5, 0.6) is 0 Å². The van der Waals surface area contributed by atoms with E-state index in [0.717, 1.165) is 49.5 Å². The van der Waals surface area contributed by atoms with E-state index in [2.05, 4.69) is 18.9 Å². The van der Waals surface area contributed by atoms with Gasteiger partial charge in [-0.3, -0.25) is 4.79 Å². The molecule has 140 valence electrons. The molecule has 0 saturated carbocycles. The minimum absolute atomic E-state index is 0.226. The van der Waals surface area contributed by atoms with Crippen molar-refractivity contribution >= 4 is 22.5 Å². The third-order valence-electron chi connectivity index (χ3n) is 4.34. The zero-order valence-corrected chi connectivity index (χ0v) is 16.3. The second-order valence-electron chi connectivity index (χ2n) is 7.47. The summed E-state index contributed by atoms with van der Waals surface area (Å²) in [5.74, 6) is 0.226. The van der Waals surface area contributed by atoms with Crippen LogP contribution in [0, 0.1) is 0 Å². The van der Waals surface area contributed by atoms with Gasteiger partial charge in [0.1, 0.15) is 16.7 Å². The number of nitrogens with zero attached hydrogens (tertiary/aromatic N) is 5. The highest BCUT2D eigenvalue weighted by atomic mass is 32.2. The van der Waals surface area contributed by atoms with Gasteiger partial charge in [0.25, 0.3) is 0 Å². The topological polar surface area (TPSA) is 82.1 Å². The SMILES string of the molecule is CC(C)(C)S(=O)N=C1CCCn2cncc21.O=C1CCCn2cncc21. The maximum atomic E-state index is 12.0. The van der Waals surface area contributed by atoms with Crippen molar-refractivity contribution in [1.82, 2.24) is 19.1 Å². The van der Waals surface area contributed by atoms with Gasteiger partial charge >= 0.3 is 0 Å². The fraction of sp³-hybridized carbons (Fsp3) is 0.556. The molecule has 2 aromatic rings. The molecule has 0 spiro atoms. The van der Waals surface area contributed by atoms with Crippen molar-refractivity contribution in [2.45, 2.75) is 64.3 Å². The number of fused-ring (bicyclic) bond motifs is 2. The van der Waals surface area contributed by atoms with Crippen molar-refractivity contribution < 1.29 is 9.00 Å². The second-order valence-corrected chi connectivity index (χ2v) is 9.38. The van der Waals surface area contributed by atoms with Crippen LogP contribution in [-0.2, 0) is 24.1 Å². The Kier molecular flexibility index (Phi) is 5.50. The molecule has 0 bridgehead atoms. The summed E-state index contributed by atoms with van der Waals surface area (Å²) >= 11 is 0. The third kappa shape index (κ3) is 4.17. The lowest BCUT2D eigenvalue weighted by atomic mass is 10.1. The van der Waals surface area contributed by atoms with E-state index in [1.54, 1.807) is 18.7 Å². The molecule has 0 N–H and O–H groups in total. The molecule has 7 nitrogen and oxygen atoms in total. The van der Waals surface area contributed by atoms with E-state index in [4.69, 9.17) is 0 Å². The Balaban J connectivity index is 0.000000167. The molecule has 0 radical (unpaired) electrons. The van der Waals surface area contributed by atoms with Crippen molar-refractivity contribution in [2.24, 2.45) is 4.40 Å². The lowest BCUT2D eigenvalue weighted by Gasteiger charge is -2.18. The van der Waals surface area contributed by atoms with Crippen LogP contribution in [0.15, 0.2) is 29.4 Å². The Labute approximate surface area is 156 Å². The molecule has 4 heterocycles. The average molecular weight is 375 g/mol. The van der Waals surface area contributed by atoms with Gasteiger partial charge in [-0.05, 0) is 40.0 Å². The zero-order valence-electron chi connectivity index (χ0n) is 15.5. The van der Waals surface area contributed by atoms with Crippen LogP contribution in [0.2, 0.25) is 0 Å². The molecule has 26 heavy (non-hydrogen) atoms. The van der Waals surface area contributed by atoms with Gasteiger partial charge in [-0.2, -0.15) is 4.40 Å². The van der Waals surface area contributed by atoms with Gasteiger partial charge < -0.3 is 9.13 Å². The second kappa shape index (κ2) is 7.65. The highest BCUT2D eigenvalue weighted by Gasteiger charge is 2.22. The predicted molar refractivity (Wildman–Crippen MR) is 102 cm³/mol. The Morgan fingerprint density at radius 1 is 1.00 bits per heavy atom. The van der Waals surface area contributed by atoms with Crippen LogP contribution in [0.3, 0.4) is 0 Å². The normalized spacial score (nSPS) is 19.3. The quantitative estimate of drug-likeness (QED) is 0.767. The lowest BCUT2D eigenvalue weighted by molar-refractivity contribution is 0.0955. The number of aromatic nitrogens is 4. The number of rotatable bonds is 1. The molecule has 1 atom stereocenters. The minimum atomic E-state index is -1.18. The molecule has 1 unspecified atom stereocenters. The van der Waals surface area contributed by atoms with Gasteiger partial charge in [0.15, 0.2) is 5.78 Å². The number of aryl methyl sites for hydroxylation is 2. The Morgan fingerprint density at radius 3 is 2.19 bits per heavy atom. The molecule has 2 aliphatic heterocycles. The van der Waals surface area contributed by atoms with Crippen molar-refractivity contribution in [1.29, 1.82) is 0 Å². The van der Waals surface area contributed by atoms with E-state index >= 15 is 0 Å². The number of Topliss-reactive ketones (excluding diaryl/α,β-unsaturated/α-hetero) is 1. The average Bonchev–Trinajstić information content (AvgIpc) is 3.24. The van der Waals surface area contributed by atoms with Crippen LogP contribution >= 0.6 is 0 Å². The number of imidazole rings is 2. The molecule has 0 aliphatic carbocycles. The van der Waals surface area contributed by atoms with E-state index in [0.29, 0.717) is 6.42 Å². The fourth-order valence-corrected chi connectivity index (χ4v) is 3.54. The number of ketones is 1. The van der Waals surface area contributed by atoms with E-state index in [1.165, 1.54) is 0 Å². The molecule has 0 fully saturated rings. The highest BCUT2D eigenvalue weighted by Crippen LogP contribution is 2.19. The Hall–Kier alpha value is -2.09. The molecule has 0 saturated heterocycles. The highest BCUT2D eigenvalue weighted by molar-refractivity contribution is 7.85. The summed E-state index contributed by atoms with van der Waals surface area (Å²) in [4.78, 5) is 19.1. The van der Waals surface area contributed by atoms with Gasteiger partial charge in [0.2, 0.25) is 0 Å². The van der Waals surface area contributed by atoms with Crippen LogP contribution in [0.1, 0.15) is 62.6 Å². The third-order valence-corrected chi connectivity index (χ3v) is 5.77. The monoisotopic (exact) mass is 375 g/mol. The van der Waals surface area contributed by atoms with Crippen LogP contribution in [0.25, 0.3) is 0 Å². The smallest absolute Gasteiger partial charge is 0.180 e. The van der Waals surface area contributed by atoms with Crippen molar-refractivity contribution in [3.63, 3.8) is 0 Å². The predicted octanol–water partition coefficient (Wildman–Crippen LogP) is 2.79. The molecular weight excluding hydrogens is 350 g/mol. The minimum Gasteiger partial charge on any atom is -0.330 e. The number of hydrogen-bond acceptors (Lipinski definition) is 4. The van der Waals surface area contributed by atoms with E-state index < -0.39 is 11.0 Å². The molecule has 0 amide bonds.